The maximum absolute atomic E-state index is 12.5. The van der Waals surface area contributed by atoms with E-state index < -0.39 is 16.6 Å². The van der Waals surface area contributed by atoms with Crippen molar-refractivity contribution in [3.8, 4) is 0 Å². The van der Waals surface area contributed by atoms with E-state index in [0.717, 1.165) is 6.07 Å². The van der Waals surface area contributed by atoms with Gasteiger partial charge in [-0.1, -0.05) is 30.3 Å². The van der Waals surface area contributed by atoms with Crippen molar-refractivity contribution in [3.05, 3.63) is 69.8 Å². The van der Waals surface area contributed by atoms with E-state index >= 15 is 0 Å². The molecular formula is C15H14BrN3O4. The minimum atomic E-state index is -0.601. The third kappa shape index (κ3) is 4.44. The summed E-state index contributed by atoms with van der Waals surface area (Å²) in [6.07, 6.45) is 0. The van der Waals surface area contributed by atoms with Crippen LogP contribution in [-0.2, 0) is 4.79 Å². The Balaban J connectivity index is 0.00000264. The number of anilines is 1. The fraction of sp³-hybridized carbons (Fsp3) is 0.0667. The fourth-order valence-electron chi connectivity index (χ4n) is 1.89. The first kappa shape index (κ1) is 18.5. The number of rotatable bonds is 5. The number of ketones is 1. The molecule has 0 aliphatic heterocycles. The van der Waals surface area contributed by atoms with Crippen molar-refractivity contribution in [2.45, 2.75) is 0 Å². The monoisotopic (exact) mass is 379 g/mol. The fourth-order valence-corrected chi connectivity index (χ4v) is 1.89. The summed E-state index contributed by atoms with van der Waals surface area (Å²) in [5.41, 5.74) is 5.60. The van der Waals surface area contributed by atoms with Crippen molar-refractivity contribution in [2.24, 2.45) is 5.73 Å². The quantitative estimate of drug-likeness (QED) is 0.469. The van der Waals surface area contributed by atoms with Gasteiger partial charge in [0.05, 0.1) is 22.7 Å². The lowest BCUT2D eigenvalue weighted by Crippen LogP contribution is -2.23. The highest BCUT2D eigenvalue weighted by molar-refractivity contribution is 8.93. The summed E-state index contributed by atoms with van der Waals surface area (Å²) in [5, 5.41) is 13.4. The van der Waals surface area contributed by atoms with Gasteiger partial charge in [-0.2, -0.15) is 0 Å². The largest absolute Gasteiger partial charge is 0.324 e. The van der Waals surface area contributed by atoms with Gasteiger partial charge in [-0.25, -0.2) is 0 Å². The van der Waals surface area contributed by atoms with E-state index in [2.05, 4.69) is 5.32 Å². The molecule has 2 aromatic rings. The van der Waals surface area contributed by atoms with Gasteiger partial charge in [0.2, 0.25) is 5.91 Å². The first-order valence-corrected chi connectivity index (χ1v) is 6.41. The molecule has 0 aromatic heterocycles. The van der Waals surface area contributed by atoms with Crippen molar-refractivity contribution in [1.29, 1.82) is 0 Å². The summed E-state index contributed by atoms with van der Waals surface area (Å²) in [5.74, 6) is -0.910. The van der Waals surface area contributed by atoms with Crippen molar-refractivity contribution in [2.75, 3.05) is 11.9 Å². The molecule has 0 fully saturated rings. The number of halogens is 1. The number of nitrogens with two attached hydrogens (primary N) is 1. The maximum Gasteiger partial charge on any atom is 0.270 e. The lowest BCUT2D eigenvalue weighted by atomic mass is 10.0. The van der Waals surface area contributed by atoms with Crippen LogP contribution in [0.2, 0.25) is 0 Å². The molecule has 0 bridgehead atoms. The number of benzene rings is 2. The number of carbonyl (C=O) groups excluding carboxylic acids is 2. The minimum absolute atomic E-state index is 0. The van der Waals surface area contributed by atoms with Gasteiger partial charge in [-0.05, 0) is 6.07 Å². The van der Waals surface area contributed by atoms with E-state index in [1.165, 1.54) is 12.1 Å². The van der Waals surface area contributed by atoms with Crippen molar-refractivity contribution in [3.63, 3.8) is 0 Å². The molecule has 2 rings (SSSR count). The van der Waals surface area contributed by atoms with E-state index in [9.17, 15) is 19.7 Å². The number of non-ortho nitro benzene ring substituents is 1. The SMILES string of the molecule is Br.NCC(=O)Nc1ccc([N+](=O)[O-])cc1C(=O)c1ccccc1. The average Bonchev–Trinajstić information content (AvgIpc) is 2.55. The molecule has 0 saturated carbocycles. The molecule has 0 saturated heterocycles. The Labute approximate surface area is 142 Å². The highest BCUT2D eigenvalue weighted by atomic mass is 79.9. The van der Waals surface area contributed by atoms with Crippen LogP contribution in [0.25, 0.3) is 0 Å². The molecule has 120 valence electrons. The van der Waals surface area contributed by atoms with Gasteiger partial charge >= 0.3 is 0 Å². The molecule has 0 radical (unpaired) electrons. The number of nitrogens with zero attached hydrogens (tertiary/aromatic N) is 1. The Morgan fingerprint density at radius 3 is 2.35 bits per heavy atom. The molecule has 0 aliphatic rings. The summed E-state index contributed by atoms with van der Waals surface area (Å²) in [7, 11) is 0. The Kier molecular flexibility index (Phi) is 6.55. The zero-order valence-corrected chi connectivity index (χ0v) is 13.6. The Bertz CT molecular complexity index is 735. The molecule has 0 aliphatic carbocycles. The van der Waals surface area contributed by atoms with Crippen LogP contribution in [0.1, 0.15) is 15.9 Å². The second-order valence-corrected chi connectivity index (χ2v) is 4.43. The van der Waals surface area contributed by atoms with Crippen LogP contribution in [0.5, 0.6) is 0 Å². The zero-order valence-electron chi connectivity index (χ0n) is 11.9. The topological polar surface area (TPSA) is 115 Å². The molecule has 0 atom stereocenters. The van der Waals surface area contributed by atoms with Gasteiger partial charge in [0.25, 0.3) is 5.69 Å². The van der Waals surface area contributed by atoms with Gasteiger partial charge < -0.3 is 11.1 Å². The van der Waals surface area contributed by atoms with Crippen LogP contribution in [0.3, 0.4) is 0 Å². The minimum Gasteiger partial charge on any atom is -0.324 e. The second-order valence-electron chi connectivity index (χ2n) is 4.43. The standard InChI is InChI=1S/C15H13N3O4.BrH/c16-9-14(19)17-13-7-6-11(18(21)22)8-12(13)15(20)10-4-2-1-3-5-10;/h1-8H,9,16H2,(H,17,19);1H. The molecule has 3 N–H and O–H groups in total. The third-order valence-corrected chi connectivity index (χ3v) is 2.95. The van der Waals surface area contributed by atoms with Crippen LogP contribution >= 0.6 is 17.0 Å². The van der Waals surface area contributed by atoms with Gasteiger partial charge in [0, 0.05) is 17.7 Å². The molecule has 0 heterocycles. The van der Waals surface area contributed by atoms with E-state index in [4.69, 9.17) is 5.73 Å². The number of amides is 1. The molecule has 0 spiro atoms. The predicted molar refractivity (Wildman–Crippen MR) is 91.0 cm³/mol. The highest BCUT2D eigenvalue weighted by Gasteiger charge is 2.19. The molecule has 2 aromatic carbocycles. The summed E-state index contributed by atoms with van der Waals surface area (Å²) in [6, 6.07) is 12.0. The van der Waals surface area contributed by atoms with E-state index in [-0.39, 0.29) is 40.5 Å². The first-order chi connectivity index (χ1) is 10.5. The summed E-state index contributed by atoms with van der Waals surface area (Å²) < 4.78 is 0. The number of nitro benzene ring substituents is 1. The van der Waals surface area contributed by atoms with E-state index in [1.807, 2.05) is 0 Å². The van der Waals surface area contributed by atoms with Crippen molar-refractivity contribution >= 4 is 40.0 Å². The van der Waals surface area contributed by atoms with E-state index in [1.54, 1.807) is 30.3 Å². The molecule has 1 amide bonds. The van der Waals surface area contributed by atoms with Crippen LogP contribution in [0.15, 0.2) is 48.5 Å². The number of hydrogen-bond donors (Lipinski definition) is 2. The molecule has 0 unspecified atom stereocenters. The zero-order chi connectivity index (χ0) is 16.1. The normalized spacial score (nSPS) is 9.61. The first-order valence-electron chi connectivity index (χ1n) is 6.41. The number of nitrogens with one attached hydrogen (secondary N) is 1. The number of hydrogen-bond acceptors (Lipinski definition) is 5. The van der Waals surface area contributed by atoms with Crippen molar-refractivity contribution in [1.82, 2.24) is 0 Å². The summed E-state index contributed by atoms with van der Waals surface area (Å²) in [6.45, 7) is -0.254. The van der Waals surface area contributed by atoms with Gasteiger partial charge in [0.15, 0.2) is 5.78 Å². The maximum atomic E-state index is 12.5. The highest BCUT2D eigenvalue weighted by Crippen LogP contribution is 2.24. The van der Waals surface area contributed by atoms with Crippen LogP contribution in [0.4, 0.5) is 11.4 Å². The van der Waals surface area contributed by atoms with Crippen LogP contribution in [0, 0.1) is 10.1 Å². The third-order valence-electron chi connectivity index (χ3n) is 2.95. The van der Waals surface area contributed by atoms with Gasteiger partial charge in [-0.15, -0.1) is 17.0 Å². The summed E-state index contributed by atoms with van der Waals surface area (Å²) >= 11 is 0. The Morgan fingerprint density at radius 1 is 1.13 bits per heavy atom. The van der Waals surface area contributed by atoms with Gasteiger partial charge in [-0.3, -0.25) is 19.7 Å². The summed E-state index contributed by atoms with van der Waals surface area (Å²) in [4.78, 5) is 34.2. The Morgan fingerprint density at radius 2 is 1.78 bits per heavy atom. The van der Waals surface area contributed by atoms with Crippen molar-refractivity contribution < 1.29 is 14.5 Å². The van der Waals surface area contributed by atoms with Crippen LogP contribution in [-0.4, -0.2) is 23.2 Å². The van der Waals surface area contributed by atoms with Gasteiger partial charge in [0.1, 0.15) is 0 Å². The van der Waals surface area contributed by atoms with E-state index in [0.29, 0.717) is 5.56 Å². The predicted octanol–water partition coefficient (Wildman–Crippen LogP) is 2.30. The number of carbonyl (C=O) groups is 2. The van der Waals surface area contributed by atoms with Crippen LogP contribution < -0.4 is 11.1 Å². The molecule has 7 nitrogen and oxygen atoms in total. The molecular weight excluding hydrogens is 366 g/mol. The lowest BCUT2D eigenvalue weighted by molar-refractivity contribution is -0.384. The number of nitro groups is 1. The second kappa shape index (κ2) is 8.16. The lowest BCUT2D eigenvalue weighted by Gasteiger charge is -2.10. The Hall–Kier alpha value is -2.58. The molecule has 23 heavy (non-hydrogen) atoms. The molecule has 8 heteroatoms. The smallest absolute Gasteiger partial charge is 0.270 e. The average molecular weight is 380 g/mol.